The molecule has 1 aromatic carbocycles. The Labute approximate surface area is 358 Å². The minimum Gasteiger partial charge on any atom is -0.508 e. The molecule has 2 aromatic rings. The van der Waals surface area contributed by atoms with E-state index in [1.54, 1.807) is 27.7 Å². The molecule has 22 nitrogen and oxygen atoms in total. The van der Waals surface area contributed by atoms with E-state index >= 15 is 0 Å². The third-order valence-electron chi connectivity index (χ3n) is 11.4. The second kappa shape index (κ2) is 20.2. The number of nitrogens with one attached hydrogen (secondary N) is 8. The van der Waals surface area contributed by atoms with Gasteiger partial charge in [0, 0.05) is 30.8 Å². The van der Waals surface area contributed by atoms with Gasteiger partial charge in [-0.1, -0.05) is 40.5 Å². The van der Waals surface area contributed by atoms with Crippen LogP contribution in [-0.2, 0) is 60.4 Å². The van der Waals surface area contributed by atoms with E-state index in [1.165, 1.54) is 18.2 Å². The summed E-state index contributed by atoms with van der Waals surface area (Å²) in [6.45, 7) is 5.01. The molecule has 1 unspecified atom stereocenters. The molecule has 4 heterocycles. The molecule has 3 aliphatic heterocycles. The van der Waals surface area contributed by atoms with Gasteiger partial charge in [0.15, 0.2) is 0 Å². The molecular weight excluding hydrogens is 833 g/mol. The van der Waals surface area contributed by atoms with Crippen LogP contribution in [0.4, 0.5) is 0 Å². The quantitative estimate of drug-likeness (QED) is 0.133. The molecule has 338 valence electrons. The molecular formula is C39H54N10O12S. The average Bonchev–Trinajstić information content (AvgIpc) is 3.80. The molecule has 62 heavy (non-hydrogen) atoms. The zero-order chi connectivity index (χ0) is 45.6. The normalized spacial score (nSPS) is 28.5. The number of aliphatic hydroxyl groups is 1. The lowest BCUT2D eigenvalue weighted by Crippen LogP contribution is -2.61. The van der Waals surface area contributed by atoms with Gasteiger partial charge in [-0.25, -0.2) is 0 Å². The first-order valence-electron chi connectivity index (χ1n) is 20.4. The highest BCUT2D eigenvalue weighted by atomic mass is 32.2. The lowest BCUT2D eigenvalue weighted by atomic mass is 9.96. The number of nitrogens with zero attached hydrogens (tertiary/aromatic N) is 1. The number of fused-ring (bicyclic) bond motifs is 5. The molecule has 5 rings (SSSR count). The molecule has 0 spiro atoms. The van der Waals surface area contributed by atoms with E-state index in [2.05, 4.69) is 42.2 Å². The van der Waals surface area contributed by atoms with Gasteiger partial charge in [-0.3, -0.25) is 47.4 Å². The monoisotopic (exact) mass is 886 g/mol. The summed E-state index contributed by atoms with van der Waals surface area (Å²) in [4.78, 5) is 127. The predicted molar refractivity (Wildman–Crippen MR) is 219 cm³/mol. The van der Waals surface area contributed by atoms with Crippen molar-refractivity contribution in [1.29, 1.82) is 0 Å². The molecule has 1 saturated heterocycles. The zero-order valence-corrected chi connectivity index (χ0v) is 35.5. The highest BCUT2D eigenvalue weighted by Gasteiger charge is 2.44. The highest BCUT2D eigenvalue weighted by molar-refractivity contribution is 7.85. The third-order valence-corrected chi connectivity index (χ3v) is 12.9. The lowest BCUT2D eigenvalue weighted by Gasteiger charge is -2.32. The first kappa shape index (κ1) is 47.0. The molecule has 1 aromatic heterocycles. The fourth-order valence-corrected chi connectivity index (χ4v) is 8.98. The third kappa shape index (κ3) is 11.0. The van der Waals surface area contributed by atoms with Gasteiger partial charge in [0.2, 0.25) is 53.2 Å². The van der Waals surface area contributed by atoms with Crippen LogP contribution in [-0.4, -0.2) is 145 Å². The number of aromatic hydroxyl groups is 1. The summed E-state index contributed by atoms with van der Waals surface area (Å²) in [5.41, 5.74) is 5.89. The van der Waals surface area contributed by atoms with Crippen molar-refractivity contribution in [3.8, 4) is 5.75 Å². The van der Waals surface area contributed by atoms with Crippen molar-refractivity contribution in [2.24, 2.45) is 17.6 Å². The lowest BCUT2D eigenvalue weighted by molar-refractivity contribution is -0.143. The van der Waals surface area contributed by atoms with E-state index in [-0.39, 0.29) is 28.3 Å². The first-order valence-corrected chi connectivity index (χ1v) is 21.7. The first-order chi connectivity index (χ1) is 29.3. The number of phenols is 1. The summed E-state index contributed by atoms with van der Waals surface area (Å²) >= 11 is 0. The molecule has 0 saturated carbocycles. The summed E-state index contributed by atoms with van der Waals surface area (Å²) in [7, 11) is -2.31. The van der Waals surface area contributed by atoms with Crippen LogP contribution in [0.2, 0.25) is 0 Å². The van der Waals surface area contributed by atoms with E-state index in [4.69, 9.17) is 5.73 Å². The van der Waals surface area contributed by atoms with E-state index in [0.29, 0.717) is 18.2 Å². The van der Waals surface area contributed by atoms with Crippen molar-refractivity contribution in [2.45, 2.75) is 107 Å². The number of phenolic OH excluding ortho intramolecular Hbond substituents is 1. The second-order valence-corrected chi connectivity index (χ2v) is 17.4. The number of aromatic amines is 1. The van der Waals surface area contributed by atoms with Crippen LogP contribution in [0.3, 0.4) is 0 Å². The Morgan fingerprint density at radius 2 is 1.45 bits per heavy atom. The standard InChI is InChI=1S/C39H54N10O12S/c1-5-17(3)31-36(58)42-13-29(53)43-26-16-62(61)38-22(21-8-7-19(50)9-23(21)46-38)11-24(33(55)41-14-30(54)47-31)44-37(59)32(18(4)6-2)48-35(57)27-10-20(51)15-49(27)39(60)25(12-28(40)52)45-34(26)56/h7-9,17-18,20,24-27,31-32,46,50-51H,5-6,10-16H2,1-4H3,(H2,40,52)(H,41,55)(H,42,58)(H,43,53)(H,44,59)(H,45,56)(H,47,54)(H,48,57)/t17-,18-,20+,24-,25-,26-,27-,31-,32-,62?/m0/s1. The van der Waals surface area contributed by atoms with Crippen molar-refractivity contribution in [3.05, 3.63) is 23.8 Å². The van der Waals surface area contributed by atoms with Crippen molar-refractivity contribution < 1.29 is 57.6 Å². The van der Waals surface area contributed by atoms with Gasteiger partial charge in [-0.2, -0.15) is 0 Å². The number of benzene rings is 1. The molecule has 0 radical (unpaired) electrons. The number of carbonyl (C=O) groups is 9. The summed E-state index contributed by atoms with van der Waals surface area (Å²) in [5.74, 6) is -10.3. The van der Waals surface area contributed by atoms with Crippen molar-refractivity contribution in [2.75, 3.05) is 25.4 Å². The Balaban J connectivity index is 1.72. The van der Waals surface area contributed by atoms with Crippen LogP contribution in [0.5, 0.6) is 5.75 Å². The van der Waals surface area contributed by atoms with Gasteiger partial charge in [-0.15, -0.1) is 0 Å². The van der Waals surface area contributed by atoms with Crippen LogP contribution in [0, 0.1) is 11.8 Å². The number of primary amides is 1. The van der Waals surface area contributed by atoms with Gasteiger partial charge in [0.25, 0.3) is 0 Å². The van der Waals surface area contributed by atoms with Gasteiger partial charge in [-0.05, 0) is 29.5 Å². The minimum absolute atomic E-state index is 0.0974. The fourth-order valence-electron chi connectivity index (χ4n) is 7.58. The SMILES string of the molecule is CC[C@H](C)[C@@H]1NC(=O)CNC(=O)[C@@H]2Cc3c([nH]c4cc(O)ccc34)S(=O)C[C@H](NC(=O)CNC1=O)C(=O)N[C@@H](CC(N)=O)C(=O)N1C[C@H](O)C[C@H]1C(=O)N[C@@H]([C@@H](C)CC)C(=O)N2. The second-order valence-electron chi connectivity index (χ2n) is 15.9. The van der Waals surface area contributed by atoms with Crippen LogP contribution in [0.1, 0.15) is 58.9 Å². The number of aliphatic hydroxyl groups excluding tert-OH is 1. The maximum atomic E-state index is 14.5. The molecule has 0 aliphatic carbocycles. The maximum Gasteiger partial charge on any atom is 0.246 e. The largest absolute Gasteiger partial charge is 0.508 e. The Kier molecular flexibility index (Phi) is 15.3. The van der Waals surface area contributed by atoms with Crippen LogP contribution < -0.4 is 43.0 Å². The Bertz CT molecular complexity index is 2150. The predicted octanol–water partition coefficient (Wildman–Crippen LogP) is -3.86. The van der Waals surface area contributed by atoms with Crippen LogP contribution in [0.15, 0.2) is 23.2 Å². The number of nitrogens with two attached hydrogens (primary N) is 1. The average molecular weight is 887 g/mol. The number of aromatic nitrogens is 1. The summed E-state index contributed by atoms with van der Waals surface area (Å²) < 4.78 is 14.5. The molecule has 12 N–H and O–H groups in total. The summed E-state index contributed by atoms with van der Waals surface area (Å²) in [6, 6.07) is -4.94. The zero-order valence-electron chi connectivity index (χ0n) is 34.7. The molecule has 9 amide bonds. The van der Waals surface area contributed by atoms with Crippen molar-refractivity contribution in [3.63, 3.8) is 0 Å². The van der Waals surface area contributed by atoms with E-state index < -0.39 is 156 Å². The van der Waals surface area contributed by atoms with Crippen LogP contribution in [0.25, 0.3) is 10.9 Å². The molecule has 2 bridgehead atoms. The smallest absolute Gasteiger partial charge is 0.246 e. The number of amides is 9. The highest BCUT2D eigenvalue weighted by Crippen LogP contribution is 2.30. The summed E-state index contributed by atoms with van der Waals surface area (Å²) in [6.07, 6.45) is -2.02. The number of carbonyl (C=O) groups excluding carboxylic acids is 9. The number of hydrogen-bond acceptors (Lipinski definition) is 12. The van der Waals surface area contributed by atoms with Gasteiger partial charge in [0.05, 0.1) is 47.7 Å². The Hall–Kier alpha value is -6.10. The maximum absolute atomic E-state index is 14.5. The minimum atomic E-state index is -2.31. The van der Waals surface area contributed by atoms with Gasteiger partial charge < -0.3 is 63.0 Å². The molecule has 1 fully saturated rings. The summed E-state index contributed by atoms with van der Waals surface area (Å²) in [5, 5.41) is 38.9. The topological polar surface area (TPSA) is 340 Å². The number of H-pyrrole nitrogens is 1. The Morgan fingerprint density at radius 3 is 2.10 bits per heavy atom. The Morgan fingerprint density at radius 1 is 0.823 bits per heavy atom. The number of hydrogen-bond donors (Lipinski definition) is 11. The van der Waals surface area contributed by atoms with Gasteiger partial charge in [0.1, 0.15) is 47.0 Å². The van der Waals surface area contributed by atoms with E-state index in [1.807, 2.05) is 0 Å². The molecule has 3 aliphatic rings. The van der Waals surface area contributed by atoms with E-state index in [0.717, 1.165) is 4.90 Å². The van der Waals surface area contributed by atoms with Crippen molar-refractivity contribution in [1.82, 2.24) is 47.1 Å². The number of rotatable bonds is 6. The van der Waals surface area contributed by atoms with E-state index in [9.17, 15) is 57.6 Å². The molecule has 23 heteroatoms. The molecule has 10 atom stereocenters. The fraction of sp³-hybridized carbons (Fsp3) is 0.564. The van der Waals surface area contributed by atoms with Crippen molar-refractivity contribution >= 4 is 74.9 Å². The van der Waals surface area contributed by atoms with Crippen LogP contribution >= 0.6 is 0 Å². The van der Waals surface area contributed by atoms with Gasteiger partial charge >= 0.3 is 0 Å².